The van der Waals surface area contributed by atoms with E-state index in [1.165, 1.54) is 0 Å². The molecule has 0 aliphatic carbocycles. The second kappa shape index (κ2) is 28.1. The number of rotatable bonds is 9. The van der Waals surface area contributed by atoms with E-state index < -0.39 is 275 Å². The van der Waals surface area contributed by atoms with Crippen LogP contribution in [0, 0.1) is 0 Å². The molecule has 21 saturated heterocycles. The molecule has 0 spiro atoms. The normalized spacial score (nSPS) is 52.2. The molecule has 21 aliphatic heterocycles. The molecule has 21 rings (SSSR count). The monoisotopic (exact) mass is 1250 g/mol. The predicted molar refractivity (Wildman–Crippen MR) is 264 cm³/mol. The van der Waals surface area contributed by atoms with Crippen molar-refractivity contribution in [2.45, 2.75) is 254 Å². The Morgan fingerprint density at radius 3 is 0.571 bits per heavy atom. The van der Waals surface area contributed by atoms with Crippen molar-refractivity contribution >= 4 is 8.32 Å². The third-order valence-corrected chi connectivity index (χ3v) is 21.5. The van der Waals surface area contributed by atoms with Crippen molar-refractivity contribution in [2.75, 3.05) is 46.2 Å². The first-order chi connectivity index (χ1) is 39.6. The summed E-state index contributed by atoms with van der Waals surface area (Å²) in [6.45, 7) is 2.80. The molecule has 20 N–H and O–H groups in total. The van der Waals surface area contributed by atoms with Crippen molar-refractivity contribution in [1.29, 1.82) is 0 Å². The van der Waals surface area contributed by atoms with Gasteiger partial charge in [-0.15, -0.1) is 0 Å². The largest absolute Gasteiger partial charge is 0.414 e. The van der Waals surface area contributed by atoms with Crippen LogP contribution < -0.4 is 0 Å². The van der Waals surface area contributed by atoms with Crippen LogP contribution >= 0.6 is 0 Å². The Balaban J connectivity index is 1.11. The molecule has 21 aliphatic rings. The minimum Gasteiger partial charge on any atom is -0.414 e. The molecule has 0 radical (unpaired) electrons. The van der Waals surface area contributed by atoms with Gasteiger partial charge in [0.1, 0.15) is 171 Å². The lowest BCUT2D eigenvalue weighted by Gasteiger charge is -2.50. The summed E-state index contributed by atoms with van der Waals surface area (Å²) in [4.78, 5) is 0. The fraction of sp³-hybridized carbons (Fsp3) is 1.00. The van der Waals surface area contributed by atoms with Crippen LogP contribution in [0.1, 0.15) is 20.8 Å². The highest BCUT2D eigenvalue weighted by Crippen LogP contribution is 2.41. The van der Waals surface area contributed by atoms with E-state index in [9.17, 15) is 102 Å². The second-order valence-corrected chi connectivity index (χ2v) is 28.3. The third-order valence-electron chi connectivity index (χ3n) is 17.0. The van der Waals surface area contributed by atoms with Gasteiger partial charge in [0.05, 0.1) is 46.2 Å². The molecule has 21 heterocycles. The number of ether oxygens (including phenoxy) is 14. The summed E-state index contributed by atoms with van der Waals surface area (Å²) >= 11 is 0. The van der Waals surface area contributed by atoms with Crippen LogP contribution in [0.5, 0.6) is 0 Å². The van der Waals surface area contributed by atoms with Crippen LogP contribution in [-0.4, -0.2) is 372 Å². The lowest BCUT2D eigenvalue weighted by atomic mass is 9.95. The first kappa shape index (κ1) is 68.7. The SMILES string of the molecule is CC(C)(C)[Si](C)(C)OC[C@H]1O[C@@H]2O[C@H]3[C@H](O)[C@H](O)[C@@H](O[C@H]4[C@H](O)[C@H](O)[C@@H](O[C@H]5[C@H](O)[C@@H](O)[C@@H](O[C@H]6[C@H](O)[C@@H](O)[C@@H](O[C@H]7[C@H](O)[C@@H](O)[C@@H](O[C@H]8[C@H](O)[C@@H](O)[C@@H](O[C@H]1[C@H](O)[C@H]2O)O[C@@H]8CO)O[C@@H]7CO)O[C@@H]6CO)O[C@@H]5CO)O[C@@H]4CO)O[C@@H]3CO. The van der Waals surface area contributed by atoms with E-state index in [4.69, 9.17) is 70.7 Å². The highest BCUT2D eigenvalue weighted by molar-refractivity contribution is 6.74. The van der Waals surface area contributed by atoms with Gasteiger partial charge in [0.2, 0.25) is 0 Å². The van der Waals surface area contributed by atoms with Gasteiger partial charge in [-0.1, -0.05) is 20.8 Å². The topological polar surface area (TPSA) is 543 Å². The van der Waals surface area contributed by atoms with E-state index >= 15 is 0 Å². The van der Waals surface area contributed by atoms with E-state index in [-0.39, 0.29) is 0 Å². The Morgan fingerprint density at radius 2 is 0.417 bits per heavy atom. The van der Waals surface area contributed by atoms with Crippen LogP contribution in [0.25, 0.3) is 0 Å². The van der Waals surface area contributed by atoms with Crippen LogP contribution in [-0.2, 0) is 70.7 Å². The molecule has 490 valence electrons. The lowest BCUT2D eigenvalue weighted by Crippen LogP contribution is -2.68. The van der Waals surface area contributed by atoms with Crippen molar-refractivity contribution < 1.29 is 173 Å². The van der Waals surface area contributed by atoms with Gasteiger partial charge in [-0.25, -0.2) is 0 Å². The van der Waals surface area contributed by atoms with Crippen molar-refractivity contribution in [3.63, 3.8) is 0 Å². The first-order valence-corrected chi connectivity index (χ1v) is 30.5. The molecule has 14 bridgehead atoms. The van der Waals surface area contributed by atoms with E-state index in [1.54, 1.807) is 0 Å². The van der Waals surface area contributed by atoms with E-state index in [0.29, 0.717) is 0 Å². The Bertz CT molecular complexity index is 2040. The number of aliphatic hydroxyl groups excluding tert-OH is 20. The molecular formula is C48H84O35Si. The summed E-state index contributed by atoms with van der Waals surface area (Å²) in [5.74, 6) is 0. The molecule has 35 atom stereocenters. The Kier molecular flexibility index (Phi) is 23.0. The van der Waals surface area contributed by atoms with Gasteiger partial charge in [-0.3, -0.25) is 0 Å². The predicted octanol–water partition coefficient (Wildman–Crippen LogP) is -12.2. The van der Waals surface area contributed by atoms with Crippen molar-refractivity contribution in [1.82, 2.24) is 0 Å². The molecule has 0 unspecified atom stereocenters. The molecule has 0 aromatic heterocycles. The Labute approximate surface area is 480 Å². The maximum Gasteiger partial charge on any atom is 0.192 e. The highest BCUT2D eigenvalue weighted by atomic mass is 28.4. The molecule has 84 heavy (non-hydrogen) atoms. The van der Waals surface area contributed by atoms with Gasteiger partial charge in [0.25, 0.3) is 0 Å². The smallest absolute Gasteiger partial charge is 0.192 e. The van der Waals surface area contributed by atoms with Crippen molar-refractivity contribution in [3.05, 3.63) is 0 Å². The lowest BCUT2D eigenvalue weighted by molar-refractivity contribution is -0.396. The zero-order valence-corrected chi connectivity index (χ0v) is 47.2. The third kappa shape index (κ3) is 13.7. The summed E-state index contributed by atoms with van der Waals surface area (Å²) in [6, 6.07) is 0. The Morgan fingerprint density at radius 1 is 0.262 bits per heavy atom. The molecule has 35 nitrogen and oxygen atoms in total. The maximum atomic E-state index is 11.8. The zero-order valence-electron chi connectivity index (χ0n) is 46.2. The van der Waals surface area contributed by atoms with Crippen molar-refractivity contribution in [2.24, 2.45) is 0 Å². The second-order valence-electron chi connectivity index (χ2n) is 23.5. The summed E-state index contributed by atoms with van der Waals surface area (Å²) in [6.07, 6.45) is -69.5. The van der Waals surface area contributed by atoms with Crippen LogP contribution in [0.2, 0.25) is 18.1 Å². The first-order valence-electron chi connectivity index (χ1n) is 27.5. The molecule has 36 heteroatoms. The standard InChI is InChI=1S/C48H84O35Si/c1-48(2,3)84(4,5)69-12-19-40-26(61)33(68)47(76-19)82-39-18(11-54)74-45(31(66)24(39)59)80-37-16(9-52)72-43(29(64)22(37)57)78-35-14(7-50)70-41(27(62)20(35)55)77-34-13(6-49)71-42(28(63)21(34)56)79-36-15(8-51)73-44(30(65)23(36)58)81-38-17(10-53)75-46(83-40)32(67)25(38)60/h13-47,49-68H,6-12H2,1-5H3/t13-,14-,15-,16-,17-,18-,19-,20-,21-,22-,23-,24-,25-,26-,27-,28-,29+,30-,31+,32-,33-,34-,35-,36-,37-,38-,39-,40-,41-,42-,43-,44-,45-,46-,47-/m1/s1. The minimum atomic E-state index is -2.74. The molecule has 21 fully saturated rings. The van der Waals surface area contributed by atoms with Crippen LogP contribution in [0.3, 0.4) is 0 Å². The van der Waals surface area contributed by atoms with Gasteiger partial charge < -0.3 is 173 Å². The number of hydrogen-bond donors (Lipinski definition) is 20. The fourth-order valence-corrected chi connectivity index (χ4v) is 11.9. The molecule has 0 aromatic carbocycles. The van der Waals surface area contributed by atoms with E-state index in [2.05, 4.69) is 0 Å². The minimum absolute atomic E-state index is 0.436. The molecular weight excluding hydrogens is 1160 g/mol. The summed E-state index contributed by atoms with van der Waals surface area (Å²) in [7, 11) is -2.74. The summed E-state index contributed by atoms with van der Waals surface area (Å²) in [5, 5.41) is 223. The average Bonchev–Trinajstić information content (AvgIpc) is 1.60. The highest BCUT2D eigenvalue weighted by Gasteiger charge is 2.60. The quantitative estimate of drug-likeness (QED) is 0.0953. The molecule has 0 amide bonds. The van der Waals surface area contributed by atoms with Gasteiger partial charge in [0.15, 0.2) is 52.3 Å². The average molecular weight is 1250 g/mol. The maximum absolute atomic E-state index is 11.8. The van der Waals surface area contributed by atoms with Gasteiger partial charge in [-0.2, -0.15) is 0 Å². The number of aliphatic hydroxyl groups is 20. The molecule has 0 saturated carbocycles. The van der Waals surface area contributed by atoms with Crippen LogP contribution in [0.4, 0.5) is 0 Å². The van der Waals surface area contributed by atoms with E-state index in [0.717, 1.165) is 0 Å². The fourth-order valence-electron chi connectivity index (χ4n) is 10.9. The van der Waals surface area contributed by atoms with Gasteiger partial charge in [0, 0.05) is 0 Å². The Hall–Kier alpha value is -1.18. The number of hydrogen-bond acceptors (Lipinski definition) is 35. The molecule has 0 aromatic rings. The zero-order chi connectivity index (χ0) is 61.8. The van der Waals surface area contributed by atoms with Crippen LogP contribution in [0.15, 0.2) is 0 Å². The van der Waals surface area contributed by atoms with Gasteiger partial charge in [-0.05, 0) is 18.1 Å². The summed E-state index contributed by atoms with van der Waals surface area (Å²) in [5.41, 5.74) is 0. The van der Waals surface area contributed by atoms with Gasteiger partial charge >= 0.3 is 0 Å². The van der Waals surface area contributed by atoms with E-state index in [1.807, 2.05) is 33.9 Å². The van der Waals surface area contributed by atoms with Crippen molar-refractivity contribution in [3.8, 4) is 0 Å². The summed E-state index contributed by atoms with van der Waals surface area (Å²) < 4.78 is 87.9.